The highest BCUT2D eigenvalue weighted by molar-refractivity contribution is 6.24. The van der Waals surface area contributed by atoms with Gasteiger partial charge in [-0.15, -0.1) is 0 Å². The molecule has 8 rings (SSSR count). The third-order valence-electron chi connectivity index (χ3n) is 13.1. The van der Waals surface area contributed by atoms with Crippen molar-refractivity contribution in [2.75, 3.05) is 45.7 Å². The number of hydrogen-bond donors (Lipinski definition) is 6. The molecule has 7 N–H and O–H groups in total. The number of ether oxygens (including phenoxy) is 3. The molecule has 2 heterocycles. The Hall–Kier alpha value is -6.15. The van der Waals surface area contributed by atoms with Crippen LogP contribution in [-0.4, -0.2) is 124 Å². The summed E-state index contributed by atoms with van der Waals surface area (Å²) in [5, 5.41) is 50.4. The van der Waals surface area contributed by atoms with Crippen molar-refractivity contribution >= 4 is 51.8 Å². The molecular formula is C44H48FN5O13. The minimum Gasteiger partial charge on any atom is -0.508 e. The Bertz CT molecular complexity index is 2670. The number of anilines is 1. The number of fused-ring (bicyclic) bond motifs is 4. The topological polar surface area (TPSA) is 260 Å². The molecule has 334 valence electrons. The van der Waals surface area contributed by atoms with Crippen LogP contribution in [0.4, 0.5) is 10.1 Å². The molecule has 5 aliphatic rings. The molecule has 2 saturated carbocycles. The van der Waals surface area contributed by atoms with Crippen molar-refractivity contribution in [3.63, 3.8) is 0 Å². The molecule has 0 bridgehead atoms. The standard InChI is InChI=1S/C44H48FN5O13/c1-18-16-49(13-12-47-18)33-26(45)14-21-31(37(33)61-6)50(20-10-11-20)17-22(34(21)51)42(58)62-19(2)41(57)63-27-9-7-8-23-28(27)35(52)29-24(43(23,3)59)15-25-32(48(4)5)36(53)30(40(46)56)39(55)44(25,60)38(29)54/h7-9,14,17-20,24-25,32,47,52,55,59-60H,10-13,15-16H2,1-6H3,(H2,46,56)/t18?,19?,24-,25-,32-,43+,44-/m0/s1. The molecule has 1 saturated heterocycles. The molecule has 1 aliphatic heterocycles. The molecule has 0 radical (unpaired) electrons. The number of nitrogens with two attached hydrogens (primary N) is 1. The molecule has 2 unspecified atom stereocenters. The number of aromatic nitrogens is 1. The normalized spacial score (nSPS) is 27.5. The van der Waals surface area contributed by atoms with Crippen LogP contribution in [-0.2, 0) is 29.5 Å². The molecule has 1 aromatic heterocycles. The molecular weight excluding hydrogens is 826 g/mol. The number of primary amides is 1. The number of hydrogen-bond acceptors (Lipinski definition) is 16. The predicted octanol–water partition coefficient (Wildman–Crippen LogP) is 1.67. The van der Waals surface area contributed by atoms with Gasteiger partial charge in [0.05, 0.1) is 35.2 Å². The summed E-state index contributed by atoms with van der Waals surface area (Å²) in [5.41, 5.74) is -2.34. The van der Waals surface area contributed by atoms with Gasteiger partial charge in [0.2, 0.25) is 11.2 Å². The number of piperazine rings is 1. The Morgan fingerprint density at radius 1 is 1.11 bits per heavy atom. The average Bonchev–Trinajstić information content (AvgIpc) is 4.06. The van der Waals surface area contributed by atoms with Crippen molar-refractivity contribution < 1.29 is 63.0 Å². The number of ketones is 2. The zero-order valence-corrected chi connectivity index (χ0v) is 35.4. The van der Waals surface area contributed by atoms with E-state index in [1.165, 1.54) is 64.3 Å². The van der Waals surface area contributed by atoms with Crippen LogP contribution in [0.15, 0.2) is 52.2 Å². The summed E-state index contributed by atoms with van der Waals surface area (Å²) in [5.74, 6) is -11.9. The quantitative estimate of drug-likeness (QED) is 0.102. The number of aliphatic hydroxyl groups excluding tert-OH is 2. The van der Waals surface area contributed by atoms with Crippen LogP contribution in [0.3, 0.4) is 0 Å². The van der Waals surface area contributed by atoms with E-state index in [1.54, 1.807) is 4.57 Å². The number of benzene rings is 2. The SMILES string of the molecule is COc1c(N2CCNC(C)C2)c(F)cc2c(=O)c(C(=O)OC(C)C(=O)Oc3cccc4c3C(O)=C3C(=O)[C@]5(O)C(O)=C(C(N)=O)C(=O)[C@@H](N(C)C)[C@@H]5C[C@@H]3[C@]4(C)O)cn(C3CC3)c12. The number of nitrogens with zero attached hydrogens (tertiary/aromatic N) is 3. The summed E-state index contributed by atoms with van der Waals surface area (Å²) in [6.45, 7) is 6.03. The van der Waals surface area contributed by atoms with Gasteiger partial charge in [-0.1, -0.05) is 12.1 Å². The first-order chi connectivity index (χ1) is 29.7. The maximum Gasteiger partial charge on any atom is 0.352 e. The van der Waals surface area contributed by atoms with E-state index >= 15 is 4.39 Å². The summed E-state index contributed by atoms with van der Waals surface area (Å²) in [4.78, 5) is 84.8. The number of Topliss-reactive ketones (excluding diaryl/α,β-unsaturated/α-hetero) is 2. The monoisotopic (exact) mass is 873 g/mol. The minimum absolute atomic E-state index is 0.0165. The van der Waals surface area contributed by atoms with E-state index in [1.807, 2.05) is 11.8 Å². The maximum atomic E-state index is 16.0. The van der Waals surface area contributed by atoms with Gasteiger partial charge in [-0.25, -0.2) is 14.0 Å². The predicted molar refractivity (Wildman–Crippen MR) is 222 cm³/mol. The Morgan fingerprint density at radius 2 is 1.81 bits per heavy atom. The average molecular weight is 874 g/mol. The third-order valence-corrected chi connectivity index (χ3v) is 13.1. The molecule has 1 amide bonds. The first kappa shape index (κ1) is 43.5. The van der Waals surface area contributed by atoms with Gasteiger partial charge < -0.3 is 55.2 Å². The molecule has 2 aromatic carbocycles. The molecule has 19 heteroatoms. The van der Waals surface area contributed by atoms with Crippen LogP contribution >= 0.6 is 0 Å². The first-order valence-corrected chi connectivity index (χ1v) is 20.5. The van der Waals surface area contributed by atoms with E-state index in [9.17, 15) is 49.2 Å². The second-order valence-corrected chi connectivity index (χ2v) is 17.4. The fraction of sp³-hybridized carbons (Fsp3) is 0.455. The Morgan fingerprint density at radius 3 is 2.43 bits per heavy atom. The number of likely N-dealkylation sites (N-methyl/N-ethyl adjacent to an activating group) is 1. The van der Waals surface area contributed by atoms with Crippen LogP contribution in [0.1, 0.15) is 67.6 Å². The molecule has 0 spiro atoms. The van der Waals surface area contributed by atoms with Crippen molar-refractivity contribution in [3.8, 4) is 11.5 Å². The van der Waals surface area contributed by atoms with Crippen LogP contribution in [0.5, 0.6) is 11.5 Å². The van der Waals surface area contributed by atoms with Crippen molar-refractivity contribution in [1.82, 2.24) is 14.8 Å². The van der Waals surface area contributed by atoms with E-state index in [4.69, 9.17) is 19.9 Å². The van der Waals surface area contributed by atoms with E-state index in [2.05, 4.69) is 5.32 Å². The molecule has 7 atom stereocenters. The number of methoxy groups -OCH3 is 1. The van der Waals surface area contributed by atoms with Crippen LogP contribution < -0.4 is 30.9 Å². The molecule has 3 aromatic rings. The van der Waals surface area contributed by atoms with E-state index in [0.29, 0.717) is 38.0 Å². The lowest BCUT2D eigenvalue weighted by atomic mass is 9.54. The van der Waals surface area contributed by atoms with E-state index in [0.717, 1.165) is 6.07 Å². The molecule has 3 fully saturated rings. The summed E-state index contributed by atoms with van der Waals surface area (Å²) < 4.78 is 34.5. The van der Waals surface area contributed by atoms with Crippen molar-refractivity contribution in [2.24, 2.45) is 17.6 Å². The van der Waals surface area contributed by atoms with Crippen molar-refractivity contribution in [2.45, 2.75) is 75.5 Å². The van der Waals surface area contributed by atoms with E-state index < -0.39 is 110 Å². The van der Waals surface area contributed by atoms with Gasteiger partial charge in [-0.3, -0.25) is 24.1 Å². The molecule has 4 aliphatic carbocycles. The number of carbonyl (C=O) groups is 5. The zero-order valence-electron chi connectivity index (χ0n) is 35.4. The highest BCUT2D eigenvalue weighted by Gasteiger charge is 2.66. The number of rotatable bonds is 9. The Kier molecular flexibility index (Phi) is 10.6. The lowest BCUT2D eigenvalue weighted by Gasteiger charge is -2.53. The van der Waals surface area contributed by atoms with E-state index in [-0.39, 0.29) is 46.5 Å². The molecule has 18 nitrogen and oxygen atoms in total. The fourth-order valence-electron chi connectivity index (χ4n) is 9.89. The molecule has 63 heavy (non-hydrogen) atoms. The Labute approximate surface area is 359 Å². The van der Waals surface area contributed by atoms with Gasteiger partial charge in [0.25, 0.3) is 5.91 Å². The number of nitrogens with one attached hydrogen (secondary N) is 1. The smallest absolute Gasteiger partial charge is 0.352 e. The maximum absolute atomic E-state index is 16.0. The number of esters is 2. The lowest BCUT2D eigenvalue weighted by molar-refractivity contribution is -0.159. The number of carbonyl (C=O) groups excluding carboxylic acids is 5. The third kappa shape index (κ3) is 6.58. The van der Waals surface area contributed by atoms with Gasteiger partial charge in [0.1, 0.15) is 34.1 Å². The largest absolute Gasteiger partial charge is 0.508 e. The number of pyridine rings is 1. The summed E-state index contributed by atoms with van der Waals surface area (Å²) in [6, 6.07) is 3.66. The minimum atomic E-state index is -2.95. The number of halogens is 1. The fourth-order valence-corrected chi connectivity index (χ4v) is 9.89. The van der Waals surface area contributed by atoms with Crippen molar-refractivity contribution in [3.05, 3.63) is 80.1 Å². The van der Waals surface area contributed by atoms with Gasteiger partial charge in [-0.2, -0.15) is 0 Å². The summed E-state index contributed by atoms with van der Waals surface area (Å²) >= 11 is 0. The highest BCUT2D eigenvalue weighted by Crippen LogP contribution is 2.57. The van der Waals surface area contributed by atoms with Crippen LogP contribution in [0, 0.1) is 17.7 Å². The summed E-state index contributed by atoms with van der Waals surface area (Å²) in [7, 11) is 4.30. The number of amides is 1. The van der Waals surface area contributed by atoms with Crippen LogP contribution in [0.25, 0.3) is 16.7 Å². The second kappa shape index (κ2) is 15.3. The van der Waals surface area contributed by atoms with Gasteiger partial charge in [-0.05, 0) is 71.8 Å². The lowest BCUT2D eigenvalue weighted by Crippen LogP contribution is -2.67. The number of aliphatic hydroxyl groups is 4. The first-order valence-electron chi connectivity index (χ1n) is 20.5. The van der Waals surface area contributed by atoms with Gasteiger partial charge >= 0.3 is 11.9 Å². The van der Waals surface area contributed by atoms with Gasteiger partial charge in [0.15, 0.2) is 29.1 Å². The second-order valence-electron chi connectivity index (χ2n) is 17.4. The Balaban J connectivity index is 1.12. The highest BCUT2D eigenvalue weighted by atomic mass is 19.1. The van der Waals surface area contributed by atoms with Crippen LogP contribution in [0.2, 0.25) is 0 Å². The summed E-state index contributed by atoms with van der Waals surface area (Å²) in [6.07, 6.45) is 0.667. The zero-order chi connectivity index (χ0) is 45.8. The van der Waals surface area contributed by atoms with Crippen molar-refractivity contribution in [1.29, 1.82) is 0 Å². The van der Waals surface area contributed by atoms with Gasteiger partial charge in [0, 0.05) is 55.3 Å².